The highest BCUT2D eigenvalue weighted by Gasteiger charge is 2.18. The molecule has 0 aromatic heterocycles. The van der Waals surface area contributed by atoms with Gasteiger partial charge in [-0.2, -0.15) is 0 Å². The molecular weight excluding hydrogens is 244 g/mol. The number of anilines is 1. The summed E-state index contributed by atoms with van der Waals surface area (Å²) in [6, 6.07) is 7.35. The van der Waals surface area contributed by atoms with Gasteiger partial charge < -0.3 is 14.5 Å². The monoisotopic (exact) mass is 262 g/mol. The molecule has 0 N–H and O–H groups in total. The van der Waals surface area contributed by atoms with Crippen molar-refractivity contribution in [2.45, 2.75) is 6.92 Å². The second-order valence-electron chi connectivity index (χ2n) is 4.53. The number of hydrogen-bond donors (Lipinski definition) is 0. The average Bonchev–Trinajstić information content (AvgIpc) is 2.46. The number of carbonyl (C=O) groups excluding carboxylic acids is 2. The molecule has 1 heterocycles. The molecule has 5 nitrogen and oxygen atoms in total. The Morgan fingerprint density at radius 2 is 1.63 bits per heavy atom. The van der Waals surface area contributed by atoms with Crippen LogP contribution in [0.1, 0.15) is 17.3 Å². The summed E-state index contributed by atoms with van der Waals surface area (Å²) in [5.74, 6) is -0.200. The van der Waals surface area contributed by atoms with Gasteiger partial charge >= 0.3 is 5.97 Å². The molecule has 1 fully saturated rings. The minimum absolute atomic E-state index is 0.126. The van der Waals surface area contributed by atoms with E-state index in [0.717, 1.165) is 31.9 Å². The Morgan fingerprint density at radius 3 is 2.11 bits per heavy atom. The van der Waals surface area contributed by atoms with E-state index in [9.17, 15) is 9.59 Å². The lowest BCUT2D eigenvalue weighted by atomic mass is 10.2. The number of benzene rings is 1. The van der Waals surface area contributed by atoms with E-state index in [2.05, 4.69) is 9.64 Å². The van der Waals surface area contributed by atoms with E-state index in [0.29, 0.717) is 5.56 Å². The summed E-state index contributed by atoms with van der Waals surface area (Å²) in [7, 11) is 1.37. The maximum atomic E-state index is 11.3. The third-order valence-corrected chi connectivity index (χ3v) is 3.38. The van der Waals surface area contributed by atoms with Gasteiger partial charge in [0.1, 0.15) is 0 Å². The minimum Gasteiger partial charge on any atom is -0.465 e. The van der Waals surface area contributed by atoms with Crippen LogP contribution in [0.2, 0.25) is 0 Å². The van der Waals surface area contributed by atoms with Gasteiger partial charge in [-0.3, -0.25) is 4.79 Å². The largest absolute Gasteiger partial charge is 0.465 e. The van der Waals surface area contributed by atoms with Crippen LogP contribution in [-0.2, 0) is 9.53 Å². The third-order valence-electron chi connectivity index (χ3n) is 3.38. The first-order valence-corrected chi connectivity index (χ1v) is 6.30. The number of nitrogens with zero attached hydrogens (tertiary/aromatic N) is 2. The Kier molecular flexibility index (Phi) is 4.04. The SMILES string of the molecule is COC(=O)c1ccc(N2CCN(C(C)=O)CC2)cc1. The average molecular weight is 262 g/mol. The quantitative estimate of drug-likeness (QED) is 0.750. The number of carbonyl (C=O) groups is 2. The smallest absolute Gasteiger partial charge is 0.337 e. The van der Waals surface area contributed by atoms with Crippen LogP contribution >= 0.6 is 0 Å². The molecule has 0 bridgehead atoms. The summed E-state index contributed by atoms with van der Waals surface area (Å²) >= 11 is 0. The zero-order valence-electron chi connectivity index (χ0n) is 11.3. The zero-order chi connectivity index (χ0) is 13.8. The number of amides is 1. The second-order valence-corrected chi connectivity index (χ2v) is 4.53. The molecule has 0 radical (unpaired) electrons. The van der Waals surface area contributed by atoms with E-state index in [1.165, 1.54) is 7.11 Å². The summed E-state index contributed by atoms with van der Waals surface area (Å²) in [5, 5.41) is 0. The highest BCUT2D eigenvalue weighted by molar-refractivity contribution is 5.89. The molecule has 0 aliphatic carbocycles. The zero-order valence-corrected chi connectivity index (χ0v) is 11.3. The van der Waals surface area contributed by atoms with Crippen molar-refractivity contribution in [1.29, 1.82) is 0 Å². The van der Waals surface area contributed by atoms with Gasteiger partial charge in [-0.05, 0) is 24.3 Å². The predicted molar refractivity (Wildman–Crippen MR) is 72.2 cm³/mol. The first-order valence-electron chi connectivity index (χ1n) is 6.30. The van der Waals surface area contributed by atoms with Crippen molar-refractivity contribution in [3.63, 3.8) is 0 Å². The lowest BCUT2D eigenvalue weighted by Crippen LogP contribution is -2.48. The number of piperazine rings is 1. The fourth-order valence-electron chi connectivity index (χ4n) is 2.21. The Bertz CT molecular complexity index is 462. The first kappa shape index (κ1) is 13.4. The lowest BCUT2D eigenvalue weighted by molar-refractivity contribution is -0.129. The van der Waals surface area contributed by atoms with Gasteiger partial charge in [0.15, 0.2) is 0 Å². The van der Waals surface area contributed by atoms with Crippen molar-refractivity contribution in [3.8, 4) is 0 Å². The lowest BCUT2D eigenvalue weighted by Gasteiger charge is -2.35. The van der Waals surface area contributed by atoms with Gasteiger partial charge in [0.2, 0.25) is 5.91 Å². The number of esters is 1. The maximum Gasteiger partial charge on any atom is 0.337 e. The Labute approximate surface area is 112 Å². The standard InChI is InChI=1S/C14H18N2O3/c1-11(17)15-7-9-16(10-8-15)13-5-3-12(4-6-13)14(18)19-2/h3-6H,7-10H2,1-2H3. The molecule has 1 amide bonds. The topological polar surface area (TPSA) is 49.9 Å². The van der Waals surface area contributed by atoms with Crippen LogP contribution in [-0.4, -0.2) is 50.1 Å². The maximum absolute atomic E-state index is 11.3. The third kappa shape index (κ3) is 3.05. The molecule has 5 heteroatoms. The second kappa shape index (κ2) is 5.73. The molecule has 19 heavy (non-hydrogen) atoms. The number of ether oxygens (including phenoxy) is 1. The summed E-state index contributed by atoms with van der Waals surface area (Å²) in [6.45, 7) is 4.72. The Balaban J connectivity index is 2.00. The predicted octanol–water partition coefficient (Wildman–Crippen LogP) is 1.14. The van der Waals surface area contributed by atoms with Crippen molar-refractivity contribution < 1.29 is 14.3 Å². The van der Waals surface area contributed by atoms with Crippen LogP contribution in [0.5, 0.6) is 0 Å². The van der Waals surface area contributed by atoms with Crippen LogP contribution in [0.4, 0.5) is 5.69 Å². The molecule has 1 aromatic rings. The van der Waals surface area contributed by atoms with Gasteiger partial charge in [-0.15, -0.1) is 0 Å². The van der Waals surface area contributed by atoms with Crippen LogP contribution in [0.15, 0.2) is 24.3 Å². The molecule has 0 spiro atoms. The van der Waals surface area contributed by atoms with Crippen LogP contribution in [0, 0.1) is 0 Å². The van der Waals surface area contributed by atoms with E-state index in [-0.39, 0.29) is 11.9 Å². The van der Waals surface area contributed by atoms with Gasteiger partial charge in [-0.1, -0.05) is 0 Å². The van der Waals surface area contributed by atoms with Gasteiger partial charge in [-0.25, -0.2) is 4.79 Å². The molecule has 1 saturated heterocycles. The van der Waals surface area contributed by atoms with Gasteiger partial charge in [0.05, 0.1) is 12.7 Å². The van der Waals surface area contributed by atoms with E-state index < -0.39 is 0 Å². The van der Waals surface area contributed by atoms with Crippen molar-refractivity contribution in [2.75, 3.05) is 38.2 Å². The number of hydrogen-bond acceptors (Lipinski definition) is 4. The molecule has 0 saturated carbocycles. The molecule has 2 rings (SSSR count). The molecule has 1 aliphatic rings. The minimum atomic E-state index is -0.326. The normalized spacial score (nSPS) is 15.3. The van der Waals surface area contributed by atoms with Crippen molar-refractivity contribution in [2.24, 2.45) is 0 Å². The van der Waals surface area contributed by atoms with E-state index >= 15 is 0 Å². The molecule has 1 aliphatic heterocycles. The summed E-state index contributed by atoms with van der Waals surface area (Å²) in [4.78, 5) is 26.6. The summed E-state index contributed by atoms with van der Waals surface area (Å²) < 4.78 is 4.67. The molecule has 102 valence electrons. The van der Waals surface area contributed by atoms with E-state index in [4.69, 9.17) is 0 Å². The highest BCUT2D eigenvalue weighted by atomic mass is 16.5. The Morgan fingerprint density at radius 1 is 1.05 bits per heavy atom. The fraction of sp³-hybridized carbons (Fsp3) is 0.429. The number of methoxy groups -OCH3 is 1. The molecule has 0 atom stereocenters. The number of rotatable bonds is 2. The first-order chi connectivity index (χ1) is 9.11. The van der Waals surface area contributed by atoms with Crippen LogP contribution < -0.4 is 4.90 Å². The Hall–Kier alpha value is -2.04. The summed E-state index contributed by atoms with van der Waals surface area (Å²) in [5.41, 5.74) is 1.62. The fourth-order valence-corrected chi connectivity index (χ4v) is 2.21. The van der Waals surface area contributed by atoms with Crippen molar-refractivity contribution in [3.05, 3.63) is 29.8 Å². The van der Waals surface area contributed by atoms with Crippen LogP contribution in [0.3, 0.4) is 0 Å². The van der Waals surface area contributed by atoms with Crippen molar-refractivity contribution in [1.82, 2.24) is 4.90 Å². The van der Waals surface area contributed by atoms with E-state index in [1.54, 1.807) is 19.1 Å². The highest BCUT2D eigenvalue weighted by Crippen LogP contribution is 2.17. The van der Waals surface area contributed by atoms with Gasteiger partial charge in [0, 0.05) is 38.8 Å². The van der Waals surface area contributed by atoms with Crippen LogP contribution in [0.25, 0.3) is 0 Å². The van der Waals surface area contributed by atoms with E-state index in [1.807, 2.05) is 17.0 Å². The molecular formula is C14H18N2O3. The molecule has 1 aromatic carbocycles. The van der Waals surface area contributed by atoms with Crippen molar-refractivity contribution >= 4 is 17.6 Å². The summed E-state index contributed by atoms with van der Waals surface area (Å²) in [6.07, 6.45) is 0. The van der Waals surface area contributed by atoms with Gasteiger partial charge in [0.25, 0.3) is 0 Å². The molecule has 0 unspecified atom stereocenters.